The molecular weight excluding hydrogens is 344 g/mol. The zero-order valence-electron chi connectivity index (χ0n) is 13.3. The van der Waals surface area contributed by atoms with Crippen molar-refractivity contribution in [2.45, 2.75) is 49.6 Å². The molecule has 0 aromatic carbocycles. The molecule has 1 aliphatic heterocycles. The summed E-state index contributed by atoms with van der Waals surface area (Å²) in [6, 6.07) is -1.42. The first-order valence-electron chi connectivity index (χ1n) is 7.34. The van der Waals surface area contributed by atoms with E-state index < -0.39 is 73.6 Å². The zero-order valence-corrected chi connectivity index (χ0v) is 13.3. The SMILES string of the molecule is CC(=O)NCC(=O)N[C@H]1C([C@H](O)[C@H](O)CO)O[C@](O)(C(=O)O)C[C@@H]1O. The summed E-state index contributed by atoms with van der Waals surface area (Å²) in [5, 5.41) is 61.9. The molecule has 2 amide bonds. The number of ether oxygens (including phenoxy) is 1. The minimum absolute atomic E-state index is 0.465. The lowest BCUT2D eigenvalue weighted by Gasteiger charge is -2.44. The Kier molecular flexibility index (Phi) is 7.22. The van der Waals surface area contributed by atoms with Gasteiger partial charge in [-0.1, -0.05) is 0 Å². The third-order valence-corrected chi connectivity index (χ3v) is 3.66. The van der Waals surface area contributed by atoms with Gasteiger partial charge in [0.25, 0.3) is 5.79 Å². The van der Waals surface area contributed by atoms with Crippen LogP contribution in [0.15, 0.2) is 0 Å². The first-order valence-corrected chi connectivity index (χ1v) is 7.34. The lowest BCUT2D eigenvalue weighted by molar-refractivity contribution is -0.295. The summed E-state index contributed by atoms with van der Waals surface area (Å²) in [6.07, 6.45) is -7.97. The van der Waals surface area contributed by atoms with Crippen molar-refractivity contribution in [1.82, 2.24) is 10.6 Å². The fourth-order valence-electron chi connectivity index (χ4n) is 2.34. The van der Waals surface area contributed by atoms with E-state index in [0.29, 0.717) is 0 Å². The molecule has 144 valence electrons. The van der Waals surface area contributed by atoms with Crippen LogP contribution in [-0.4, -0.2) is 97.8 Å². The topological polar surface area (TPSA) is 206 Å². The molecule has 6 atom stereocenters. The van der Waals surface area contributed by atoms with Gasteiger partial charge in [0, 0.05) is 13.3 Å². The number of carboxylic acid groups (broad SMARTS) is 1. The summed E-state index contributed by atoms with van der Waals surface area (Å²) in [7, 11) is 0. The van der Waals surface area contributed by atoms with Crippen molar-refractivity contribution in [1.29, 1.82) is 0 Å². The van der Waals surface area contributed by atoms with Crippen molar-refractivity contribution < 1.29 is 49.8 Å². The summed E-state index contributed by atoms with van der Waals surface area (Å²) in [4.78, 5) is 33.7. The molecule has 0 bridgehead atoms. The second-order valence-electron chi connectivity index (χ2n) is 5.69. The highest BCUT2D eigenvalue weighted by atomic mass is 16.7. The molecule has 1 aliphatic rings. The molecule has 0 aliphatic carbocycles. The molecular formula is C13H22N2O10. The number of hydrogen-bond donors (Lipinski definition) is 8. The predicted octanol–water partition coefficient (Wildman–Crippen LogP) is -4.76. The van der Waals surface area contributed by atoms with E-state index in [4.69, 9.17) is 14.9 Å². The van der Waals surface area contributed by atoms with E-state index in [9.17, 15) is 34.8 Å². The molecule has 1 unspecified atom stereocenters. The molecule has 8 N–H and O–H groups in total. The number of rotatable bonds is 7. The molecule has 0 aromatic rings. The molecule has 25 heavy (non-hydrogen) atoms. The molecule has 1 fully saturated rings. The van der Waals surface area contributed by atoms with E-state index in [1.165, 1.54) is 6.92 Å². The Morgan fingerprint density at radius 2 is 1.92 bits per heavy atom. The first kappa shape index (κ1) is 21.2. The van der Waals surface area contributed by atoms with Crippen molar-refractivity contribution >= 4 is 17.8 Å². The first-order chi connectivity index (χ1) is 11.5. The highest BCUT2D eigenvalue weighted by molar-refractivity contribution is 5.84. The largest absolute Gasteiger partial charge is 0.477 e. The molecule has 1 saturated heterocycles. The minimum Gasteiger partial charge on any atom is -0.477 e. The Balaban J connectivity index is 2.99. The average Bonchev–Trinajstić information content (AvgIpc) is 2.53. The molecule has 12 nitrogen and oxygen atoms in total. The van der Waals surface area contributed by atoms with Gasteiger partial charge in [-0.3, -0.25) is 9.59 Å². The Hall–Kier alpha value is -1.83. The van der Waals surface area contributed by atoms with Gasteiger partial charge in [0.1, 0.15) is 18.3 Å². The maximum Gasteiger partial charge on any atom is 0.364 e. The smallest absolute Gasteiger partial charge is 0.364 e. The highest BCUT2D eigenvalue weighted by Gasteiger charge is 2.53. The molecule has 1 heterocycles. The number of aliphatic hydroxyl groups is 5. The van der Waals surface area contributed by atoms with Crippen molar-refractivity contribution in [3.05, 3.63) is 0 Å². The lowest BCUT2D eigenvalue weighted by atomic mass is 9.88. The Morgan fingerprint density at radius 1 is 1.32 bits per heavy atom. The van der Waals surface area contributed by atoms with E-state index in [0.717, 1.165) is 0 Å². The fraction of sp³-hybridized carbons (Fsp3) is 0.769. The van der Waals surface area contributed by atoms with Gasteiger partial charge in [0.2, 0.25) is 11.8 Å². The van der Waals surface area contributed by atoms with Crippen LogP contribution < -0.4 is 10.6 Å². The van der Waals surface area contributed by atoms with Crippen LogP contribution in [0, 0.1) is 0 Å². The number of nitrogens with one attached hydrogen (secondary N) is 2. The van der Waals surface area contributed by atoms with Crippen LogP contribution in [0.2, 0.25) is 0 Å². The normalized spacial score (nSPS) is 31.7. The molecule has 1 rings (SSSR count). The van der Waals surface area contributed by atoms with Gasteiger partial charge in [-0.05, 0) is 0 Å². The standard InChI is InChI=1S/C13H22N2O10/c1-5(17)14-3-8(20)15-9-6(18)2-13(24,12(22)23)25-11(9)10(21)7(19)4-16/h6-7,9-11,16,18-19,21,24H,2-4H2,1H3,(H,14,17)(H,15,20)(H,22,23)/t6-,7+,9+,10+,11?,13-/m0/s1. The Bertz CT molecular complexity index is 515. The van der Waals surface area contributed by atoms with Crippen molar-refractivity contribution in [2.75, 3.05) is 13.2 Å². The third kappa shape index (κ3) is 5.32. The van der Waals surface area contributed by atoms with Crippen molar-refractivity contribution in [3.63, 3.8) is 0 Å². The van der Waals surface area contributed by atoms with Crippen molar-refractivity contribution in [3.8, 4) is 0 Å². The number of aliphatic hydroxyl groups excluding tert-OH is 4. The van der Waals surface area contributed by atoms with Crippen LogP contribution in [-0.2, 0) is 19.1 Å². The Labute approximate surface area is 142 Å². The van der Waals surface area contributed by atoms with Crippen LogP contribution in [0.5, 0.6) is 0 Å². The van der Waals surface area contributed by atoms with Gasteiger partial charge < -0.3 is 46.0 Å². The van der Waals surface area contributed by atoms with Crippen LogP contribution in [0.3, 0.4) is 0 Å². The quantitative estimate of drug-likeness (QED) is 0.216. The van der Waals surface area contributed by atoms with E-state index >= 15 is 0 Å². The lowest BCUT2D eigenvalue weighted by Crippen LogP contribution is -2.67. The highest BCUT2D eigenvalue weighted by Crippen LogP contribution is 2.30. The van der Waals surface area contributed by atoms with E-state index in [2.05, 4.69) is 10.6 Å². The number of amides is 2. The number of carbonyl (C=O) groups is 3. The van der Waals surface area contributed by atoms with Crippen LogP contribution in [0.4, 0.5) is 0 Å². The molecule has 0 radical (unpaired) electrons. The second-order valence-corrected chi connectivity index (χ2v) is 5.69. The number of carbonyl (C=O) groups excluding carboxylic acids is 2. The summed E-state index contributed by atoms with van der Waals surface area (Å²) >= 11 is 0. The summed E-state index contributed by atoms with van der Waals surface area (Å²) in [6.45, 7) is -0.217. The van der Waals surface area contributed by atoms with Crippen LogP contribution in [0.1, 0.15) is 13.3 Å². The third-order valence-electron chi connectivity index (χ3n) is 3.66. The zero-order chi connectivity index (χ0) is 19.4. The maximum atomic E-state index is 11.8. The predicted molar refractivity (Wildman–Crippen MR) is 77.8 cm³/mol. The van der Waals surface area contributed by atoms with Gasteiger partial charge in [-0.25, -0.2) is 4.79 Å². The van der Waals surface area contributed by atoms with Gasteiger partial charge >= 0.3 is 5.97 Å². The van der Waals surface area contributed by atoms with Crippen molar-refractivity contribution in [2.24, 2.45) is 0 Å². The number of carboxylic acids is 1. The molecule has 12 heteroatoms. The molecule has 0 saturated carbocycles. The van der Waals surface area contributed by atoms with Gasteiger partial charge in [0.15, 0.2) is 0 Å². The summed E-state index contributed by atoms with van der Waals surface area (Å²) < 4.78 is 4.90. The molecule has 0 spiro atoms. The number of hydrogen-bond acceptors (Lipinski definition) is 9. The van der Waals surface area contributed by atoms with Gasteiger partial charge in [0.05, 0.1) is 25.3 Å². The van der Waals surface area contributed by atoms with E-state index in [1.807, 2.05) is 0 Å². The van der Waals surface area contributed by atoms with Gasteiger partial charge in [-0.2, -0.15) is 0 Å². The molecule has 0 aromatic heterocycles. The monoisotopic (exact) mass is 366 g/mol. The average molecular weight is 366 g/mol. The maximum absolute atomic E-state index is 11.8. The van der Waals surface area contributed by atoms with Gasteiger partial charge in [-0.15, -0.1) is 0 Å². The minimum atomic E-state index is -2.86. The van der Waals surface area contributed by atoms with Crippen LogP contribution in [0.25, 0.3) is 0 Å². The second kappa shape index (κ2) is 8.51. The fourth-order valence-corrected chi connectivity index (χ4v) is 2.34. The van der Waals surface area contributed by atoms with E-state index in [-0.39, 0.29) is 0 Å². The van der Waals surface area contributed by atoms with Crippen LogP contribution >= 0.6 is 0 Å². The summed E-state index contributed by atoms with van der Waals surface area (Å²) in [5.41, 5.74) is 0. The van der Waals surface area contributed by atoms with E-state index in [1.54, 1.807) is 0 Å². The Morgan fingerprint density at radius 3 is 2.40 bits per heavy atom. The summed E-state index contributed by atoms with van der Waals surface area (Å²) in [5.74, 6) is -5.99. The number of aliphatic carboxylic acids is 1.